The molecule has 3 heterocycles. The van der Waals surface area contributed by atoms with E-state index < -0.39 is 0 Å². The van der Waals surface area contributed by atoms with E-state index in [-0.39, 0.29) is 17.1 Å². The molecule has 0 saturated heterocycles. The zero-order valence-electron chi connectivity index (χ0n) is 26.0. The van der Waals surface area contributed by atoms with Crippen molar-refractivity contribution < 1.29 is 17.1 Å². The molecule has 0 N–H and O–H groups in total. The topological polar surface area (TPSA) is 140 Å². The van der Waals surface area contributed by atoms with E-state index >= 15 is 0 Å². The summed E-state index contributed by atoms with van der Waals surface area (Å²) in [7, 11) is 1.71. The second kappa shape index (κ2) is 17.7. The number of allylic oxidation sites excluding steroid dienone is 3. The van der Waals surface area contributed by atoms with Crippen LogP contribution in [0.5, 0.6) is 0 Å². The fraction of sp³-hybridized carbons (Fsp3) is 0.147. The first-order chi connectivity index (χ1) is 22.0. The molecule has 2 aromatic heterocycles. The van der Waals surface area contributed by atoms with Crippen LogP contribution in [0.15, 0.2) is 132 Å². The number of fused-ring (bicyclic) bond motifs is 2. The first kappa shape index (κ1) is 35.0. The van der Waals surface area contributed by atoms with E-state index in [0.29, 0.717) is 52.9 Å². The van der Waals surface area contributed by atoms with Crippen LogP contribution in [0.1, 0.15) is 38.4 Å². The fourth-order valence-electron chi connectivity index (χ4n) is 4.01. The summed E-state index contributed by atoms with van der Waals surface area (Å²) < 4.78 is 0. The summed E-state index contributed by atoms with van der Waals surface area (Å²) in [4.78, 5) is 45.5. The largest absolute Gasteiger partial charge is 2.00 e. The van der Waals surface area contributed by atoms with Crippen LogP contribution in [0.3, 0.4) is 0 Å². The zero-order chi connectivity index (χ0) is 32.0. The van der Waals surface area contributed by atoms with Crippen molar-refractivity contribution in [3.05, 3.63) is 109 Å². The minimum atomic E-state index is 0. The number of hydrogen-bond donors (Lipinski definition) is 0. The Morgan fingerprint density at radius 1 is 0.978 bits per heavy atom. The molecule has 235 valence electrons. The van der Waals surface area contributed by atoms with Gasteiger partial charge in [0.25, 0.3) is 0 Å². The monoisotopic (exact) mass is 658 g/mol. The molecule has 0 spiro atoms. The van der Waals surface area contributed by atoms with Gasteiger partial charge in [0.2, 0.25) is 0 Å². The number of hydrogen-bond acceptors (Lipinski definition) is 6. The van der Waals surface area contributed by atoms with Crippen LogP contribution in [0, 0.1) is 0 Å². The Labute approximate surface area is 279 Å². The number of benzene rings is 1. The van der Waals surface area contributed by atoms with E-state index in [1.807, 2.05) is 50.2 Å². The molecule has 0 atom stereocenters. The molecule has 1 aromatic carbocycles. The van der Waals surface area contributed by atoms with Gasteiger partial charge in [-0.25, -0.2) is 15.0 Å². The van der Waals surface area contributed by atoms with E-state index in [9.17, 15) is 0 Å². The second-order valence-electron chi connectivity index (χ2n) is 9.32. The number of rotatable bonds is 9. The van der Waals surface area contributed by atoms with Gasteiger partial charge in [0.05, 0.1) is 11.7 Å². The molecule has 12 heteroatoms. The molecule has 0 aliphatic carbocycles. The van der Waals surface area contributed by atoms with Crippen LogP contribution in [0.2, 0.25) is 0 Å². The molecule has 4 rings (SSSR count). The van der Waals surface area contributed by atoms with E-state index in [1.54, 1.807) is 69.4 Å². The van der Waals surface area contributed by atoms with Crippen LogP contribution in [0.4, 0.5) is 11.6 Å². The zero-order valence-corrected chi connectivity index (χ0v) is 26.9. The van der Waals surface area contributed by atoms with Gasteiger partial charge in [-0.15, -0.1) is 0 Å². The van der Waals surface area contributed by atoms with Crippen molar-refractivity contribution in [2.75, 3.05) is 7.05 Å². The van der Waals surface area contributed by atoms with Crippen LogP contribution < -0.4 is 4.98 Å². The third kappa shape index (κ3) is 9.28. The van der Waals surface area contributed by atoms with Crippen LogP contribution >= 0.6 is 0 Å². The Hall–Kier alpha value is -5.45. The van der Waals surface area contributed by atoms with Crippen molar-refractivity contribution in [2.24, 2.45) is 39.9 Å². The van der Waals surface area contributed by atoms with Crippen molar-refractivity contribution in [1.82, 2.24) is 9.97 Å². The average Bonchev–Trinajstić information content (AvgIpc) is 3.58. The van der Waals surface area contributed by atoms with Crippen LogP contribution in [0.25, 0.3) is 16.1 Å². The Morgan fingerprint density at radius 2 is 1.72 bits per heavy atom. The van der Waals surface area contributed by atoms with Gasteiger partial charge in [-0.1, -0.05) is 69.4 Å². The maximum absolute atomic E-state index is 4.83. The van der Waals surface area contributed by atoms with Crippen molar-refractivity contribution in [2.45, 2.75) is 27.2 Å². The normalized spacial score (nSPS) is 15.4. The van der Waals surface area contributed by atoms with Crippen LogP contribution in [-0.4, -0.2) is 59.9 Å². The van der Waals surface area contributed by atoms with Gasteiger partial charge in [0, 0.05) is 60.5 Å². The summed E-state index contributed by atoms with van der Waals surface area (Å²) >= 11 is 0. The summed E-state index contributed by atoms with van der Waals surface area (Å²) in [5.41, 5.74) is 2.25. The molecule has 1 aliphatic rings. The van der Waals surface area contributed by atoms with Gasteiger partial charge >= 0.3 is 17.1 Å². The molecule has 0 fully saturated rings. The average molecular weight is 659 g/mol. The molecule has 1 radical (unpaired) electrons. The SMILES string of the molecule is C=CC=N/C=C/C(N=C/C(C)=C/N=CC=C)=N\C(C)=N/c1[n-]c(/N=C2\N=C(N=C(CC)[N-]C)c3cccnc32)c2ccccc12.[Cu+2]. The van der Waals surface area contributed by atoms with Gasteiger partial charge in [0.1, 0.15) is 11.5 Å². The summed E-state index contributed by atoms with van der Waals surface area (Å²) in [6.45, 7) is 12.9. The Bertz CT molecular complexity index is 1870. The molecule has 11 nitrogen and oxygen atoms in total. The van der Waals surface area contributed by atoms with Gasteiger partial charge in [-0.05, 0) is 48.7 Å². The third-order valence-corrected chi connectivity index (χ3v) is 6.03. The Morgan fingerprint density at radius 3 is 2.43 bits per heavy atom. The predicted molar refractivity (Wildman–Crippen MR) is 190 cm³/mol. The predicted octanol–water partition coefficient (Wildman–Crippen LogP) is 7.29. The quantitative estimate of drug-likeness (QED) is 0.135. The number of nitrogens with zero attached hydrogens (tertiary/aromatic N) is 11. The van der Waals surface area contributed by atoms with Crippen molar-refractivity contribution in [3.8, 4) is 0 Å². The smallest absolute Gasteiger partial charge is 0.472 e. The van der Waals surface area contributed by atoms with Crippen molar-refractivity contribution in [1.29, 1.82) is 0 Å². The van der Waals surface area contributed by atoms with Gasteiger partial charge in [-0.3, -0.25) is 15.0 Å². The van der Waals surface area contributed by atoms with Crippen molar-refractivity contribution >= 4 is 70.2 Å². The van der Waals surface area contributed by atoms with Gasteiger partial charge < -0.3 is 25.3 Å². The minimum absolute atomic E-state index is 0. The summed E-state index contributed by atoms with van der Waals surface area (Å²) in [6.07, 6.45) is 15.3. The first-order valence-corrected chi connectivity index (χ1v) is 14.1. The molecular formula is C34H33CuN11. The summed E-state index contributed by atoms with van der Waals surface area (Å²) in [5.74, 6) is 3.39. The molecule has 3 aromatic rings. The fourth-order valence-corrected chi connectivity index (χ4v) is 4.01. The number of amidine groups is 5. The van der Waals surface area contributed by atoms with E-state index in [4.69, 9.17) is 20.0 Å². The van der Waals surface area contributed by atoms with E-state index in [2.05, 4.69) is 48.4 Å². The number of aliphatic imine (C=N–C) groups is 8. The van der Waals surface area contributed by atoms with E-state index in [1.165, 1.54) is 0 Å². The molecule has 0 saturated carbocycles. The molecule has 0 bridgehead atoms. The molecule has 0 amide bonds. The third-order valence-electron chi connectivity index (χ3n) is 6.03. The molecule has 0 unspecified atom stereocenters. The van der Waals surface area contributed by atoms with Crippen LogP contribution in [-0.2, 0) is 17.1 Å². The summed E-state index contributed by atoms with van der Waals surface area (Å²) in [6, 6.07) is 11.5. The molecule has 1 aliphatic heterocycles. The molecule has 46 heavy (non-hydrogen) atoms. The van der Waals surface area contributed by atoms with Gasteiger partial charge in [-0.2, -0.15) is 0 Å². The minimum Gasteiger partial charge on any atom is -0.472 e. The number of pyridine rings is 1. The Balaban J connectivity index is 0.00000576. The maximum atomic E-state index is 4.83. The van der Waals surface area contributed by atoms with Gasteiger partial charge in [0.15, 0.2) is 5.84 Å². The van der Waals surface area contributed by atoms with E-state index in [0.717, 1.165) is 21.9 Å². The maximum Gasteiger partial charge on any atom is 2.00 e. The standard InChI is InChI=1S/C34H33N11.Cu/c1-7-17-36-20-16-29(39-22-23(4)21-37-18-8-2)40-24(5)41-31-25-13-10-11-14-26(25)32(43-31)44-34-30-27(15-12-19-38-30)33(45-34)42-28(9-3)35-6;/h7-8,10-22H,1-2,9H2,3-6H3;/q-2;+2/b20-16+,23-21+,36-17?,37-18?,39-22?,40-29+,41-24-;. The molecular weight excluding hydrogens is 626 g/mol. The van der Waals surface area contributed by atoms with Crippen molar-refractivity contribution in [3.63, 3.8) is 0 Å². The Kier molecular flexibility index (Phi) is 13.5. The second-order valence-corrected chi connectivity index (χ2v) is 9.32. The summed E-state index contributed by atoms with van der Waals surface area (Å²) in [5, 5.41) is 5.88. The first-order valence-electron chi connectivity index (χ1n) is 14.1. The number of aromatic nitrogens is 2.